The number of nitrogens with zero attached hydrogens (tertiary/aromatic N) is 2. The number of hydrogen-bond donors (Lipinski definition) is 0. The summed E-state index contributed by atoms with van der Waals surface area (Å²) < 4.78 is 4.83. The van der Waals surface area contributed by atoms with Crippen molar-refractivity contribution >= 4 is 17.3 Å². The second kappa shape index (κ2) is 5.85. The Balaban J connectivity index is 2.61. The Labute approximate surface area is 94.0 Å². The Bertz CT molecular complexity index is 362. The van der Waals surface area contributed by atoms with Crippen molar-refractivity contribution in [1.82, 2.24) is 0 Å². The van der Waals surface area contributed by atoms with E-state index in [4.69, 9.17) is 4.74 Å². The largest absolute Gasteiger partial charge is 0.465 e. The first kappa shape index (κ1) is 12.2. The first-order chi connectivity index (χ1) is 7.67. The molecule has 16 heavy (non-hydrogen) atoms. The zero-order chi connectivity index (χ0) is 12.0. The molecule has 1 aromatic carbocycles. The van der Waals surface area contributed by atoms with Crippen molar-refractivity contribution in [3.63, 3.8) is 0 Å². The van der Waals surface area contributed by atoms with Crippen LogP contribution in [0.1, 0.15) is 6.92 Å². The number of carbonyl (C=O) groups is 1. The number of likely N-dealkylation sites (N-methyl/N-ethyl adjacent to an activating group) is 1. The summed E-state index contributed by atoms with van der Waals surface area (Å²) in [5.41, 5.74) is 1.20. The fourth-order valence-corrected chi connectivity index (χ4v) is 1.26. The number of ether oxygens (including phenoxy) is 1. The highest BCUT2D eigenvalue weighted by atomic mass is 16.5. The lowest BCUT2D eigenvalue weighted by Crippen LogP contribution is -2.26. The van der Waals surface area contributed by atoms with E-state index in [0.29, 0.717) is 12.3 Å². The van der Waals surface area contributed by atoms with E-state index in [1.165, 1.54) is 0 Å². The molecule has 1 rings (SSSR count). The Morgan fingerprint density at radius 2 is 2.00 bits per heavy atom. The van der Waals surface area contributed by atoms with E-state index in [-0.39, 0.29) is 12.5 Å². The SMILES string of the molecule is CCOC(=O)CN(C)c1ccc(N=O)cc1. The van der Waals surface area contributed by atoms with E-state index in [1.54, 1.807) is 43.1 Å². The molecule has 0 aliphatic rings. The van der Waals surface area contributed by atoms with Crippen LogP contribution in [0.2, 0.25) is 0 Å². The number of rotatable bonds is 5. The molecule has 0 spiro atoms. The van der Waals surface area contributed by atoms with Gasteiger partial charge in [-0.3, -0.25) is 4.79 Å². The van der Waals surface area contributed by atoms with Gasteiger partial charge in [0.25, 0.3) is 0 Å². The maximum atomic E-state index is 11.2. The van der Waals surface area contributed by atoms with Crippen LogP contribution in [0.3, 0.4) is 0 Å². The van der Waals surface area contributed by atoms with E-state index in [0.717, 1.165) is 5.69 Å². The second-order valence-corrected chi connectivity index (χ2v) is 3.27. The van der Waals surface area contributed by atoms with Crippen molar-refractivity contribution in [3.8, 4) is 0 Å². The third-order valence-corrected chi connectivity index (χ3v) is 2.07. The quantitative estimate of drug-likeness (QED) is 0.565. The molecule has 0 radical (unpaired) electrons. The normalized spacial score (nSPS) is 9.62. The number of hydrogen-bond acceptors (Lipinski definition) is 5. The van der Waals surface area contributed by atoms with Crippen LogP contribution in [-0.4, -0.2) is 26.2 Å². The van der Waals surface area contributed by atoms with Gasteiger partial charge in [-0.2, -0.15) is 0 Å². The molecule has 0 atom stereocenters. The minimum absolute atomic E-state index is 0.182. The lowest BCUT2D eigenvalue weighted by molar-refractivity contribution is -0.141. The van der Waals surface area contributed by atoms with Gasteiger partial charge in [-0.15, -0.1) is 4.91 Å². The van der Waals surface area contributed by atoms with E-state index in [2.05, 4.69) is 5.18 Å². The topological polar surface area (TPSA) is 59.0 Å². The van der Waals surface area contributed by atoms with Gasteiger partial charge >= 0.3 is 5.97 Å². The minimum atomic E-state index is -0.275. The Kier molecular flexibility index (Phi) is 4.44. The standard InChI is InChI=1S/C11H14N2O3/c1-3-16-11(14)8-13(2)10-6-4-9(12-15)5-7-10/h4-7H,3,8H2,1-2H3. The molecular formula is C11H14N2O3. The minimum Gasteiger partial charge on any atom is -0.465 e. The van der Waals surface area contributed by atoms with Crippen LogP contribution < -0.4 is 4.90 Å². The van der Waals surface area contributed by atoms with Crippen LogP contribution in [0.4, 0.5) is 11.4 Å². The summed E-state index contributed by atoms with van der Waals surface area (Å²) in [5.74, 6) is -0.275. The first-order valence-electron chi connectivity index (χ1n) is 4.97. The maximum absolute atomic E-state index is 11.2. The highest BCUT2D eigenvalue weighted by molar-refractivity contribution is 5.75. The lowest BCUT2D eigenvalue weighted by atomic mass is 10.2. The molecule has 5 nitrogen and oxygen atoms in total. The van der Waals surface area contributed by atoms with E-state index >= 15 is 0 Å². The molecule has 0 unspecified atom stereocenters. The number of esters is 1. The molecule has 0 aromatic heterocycles. The zero-order valence-electron chi connectivity index (χ0n) is 9.34. The van der Waals surface area contributed by atoms with Crippen molar-refractivity contribution in [1.29, 1.82) is 0 Å². The summed E-state index contributed by atoms with van der Waals surface area (Å²) in [6, 6.07) is 6.67. The van der Waals surface area contributed by atoms with Crippen molar-refractivity contribution < 1.29 is 9.53 Å². The summed E-state index contributed by atoms with van der Waals surface area (Å²) in [7, 11) is 1.78. The molecule has 0 saturated heterocycles. The fraction of sp³-hybridized carbons (Fsp3) is 0.364. The predicted molar refractivity (Wildman–Crippen MR) is 61.8 cm³/mol. The predicted octanol–water partition coefficient (Wildman–Crippen LogP) is 2.08. The van der Waals surface area contributed by atoms with Crippen LogP contribution in [0.5, 0.6) is 0 Å². The van der Waals surface area contributed by atoms with Crippen molar-refractivity contribution in [2.45, 2.75) is 6.92 Å². The van der Waals surface area contributed by atoms with Gasteiger partial charge in [-0.25, -0.2) is 0 Å². The van der Waals surface area contributed by atoms with Gasteiger partial charge in [0.05, 0.1) is 6.61 Å². The van der Waals surface area contributed by atoms with Crippen LogP contribution in [0.25, 0.3) is 0 Å². The van der Waals surface area contributed by atoms with Gasteiger partial charge in [0.15, 0.2) is 0 Å². The Morgan fingerprint density at radius 3 is 2.50 bits per heavy atom. The maximum Gasteiger partial charge on any atom is 0.325 e. The third kappa shape index (κ3) is 3.34. The van der Waals surface area contributed by atoms with Crippen molar-refractivity contribution in [2.24, 2.45) is 5.18 Å². The van der Waals surface area contributed by atoms with E-state index < -0.39 is 0 Å². The molecular weight excluding hydrogens is 208 g/mol. The van der Waals surface area contributed by atoms with Crippen LogP contribution in [-0.2, 0) is 9.53 Å². The van der Waals surface area contributed by atoms with Crippen LogP contribution >= 0.6 is 0 Å². The molecule has 0 amide bonds. The molecule has 5 heteroatoms. The highest BCUT2D eigenvalue weighted by Crippen LogP contribution is 2.18. The summed E-state index contributed by atoms with van der Waals surface area (Å²) in [6.45, 7) is 2.32. The molecule has 0 saturated carbocycles. The summed E-state index contributed by atoms with van der Waals surface area (Å²) >= 11 is 0. The van der Waals surface area contributed by atoms with E-state index in [9.17, 15) is 9.70 Å². The molecule has 0 fully saturated rings. The summed E-state index contributed by atoms with van der Waals surface area (Å²) in [6.07, 6.45) is 0. The zero-order valence-corrected chi connectivity index (χ0v) is 9.34. The molecule has 0 bridgehead atoms. The Morgan fingerprint density at radius 1 is 1.38 bits per heavy atom. The smallest absolute Gasteiger partial charge is 0.325 e. The summed E-state index contributed by atoms with van der Waals surface area (Å²) in [4.78, 5) is 23.2. The van der Waals surface area contributed by atoms with Crippen molar-refractivity contribution in [2.75, 3.05) is 25.1 Å². The second-order valence-electron chi connectivity index (χ2n) is 3.27. The van der Waals surface area contributed by atoms with Crippen LogP contribution in [0, 0.1) is 4.91 Å². The summed E-state index contributed by atoms with van der Waals surface area (Å²) in [5, 5.41) is 2.80. The van der Waals surface area contributed by atoms with Gasteiger partial charge in [0.1, 0.15) is 12.2 Å². The Hall–Kier alpha value is -1.91. The van der Waals surface area contributed by atoms with Gasteiger partial charge < -0.3 is 9.64 Å². The van der Waals surface area contributed by atoms with E-state index in [1.807, 2.05) is 0 Å². The fourth-order valence-electron chi connectivity index (χ4n) is 1.26. The van der Waals surface area contributed by atoms with Gasteiger partial charge in [-0.05, 0) is 36.4 Å². The number of carbonyl (C=O) groups excluding carboxylic acids is 1. The number of nitroso groups, excluding NO2 is 1. The number of benzene rings is 1. The van der Waals surface area contributed by atoms with Gasteiger partial charge in [0, 0.05) is 12.7 Å². The molecule has 86 valence electrons. The van der Waals surface area contributed by atoms with Crippen LogP contribution in [0.15, 0.2) is 29.4 Å². The third-order valence-electron chi connectivity index (χ3n) is 2.07. The highest BCUT2D eigenvalue weighted by Gasteiger charge is 2.07. The average molecular weight is 222 g/mol. The number of anilines is 1. The molecule has 0 aliphatic heterocycles. The molecule has 1 aromatic rings. The molecule has 0 aliphatic carbocycles. The molecule has 0 heterocycles. The first-order valence-corrected chi connectivity index (χ1v) is 4.97. The molecule has 0 N–H and O–H groups in total. The van der Waals surface area contributed by atoms with Crippen molar-refractivity contribution in [3.05, 3.63) is 29.2 Å². The average Bonchev–Trinajstić information content (AvgIpc) is 2.29. The monoisotopic (exact) mass is 222 g/mol. The lowest BCUT2D eigenvalue weighted by Gasteiger charge is -2.17. The van der Waals surface area contributed by atoms with Gasteiger partial charge in [-0.1, -0.05) is 0 Å². The van der Waals surface area contributed by atoms with Gasteiger partial charge in [0.2, 0.25) is 0 Å².